The van der Waals surface area contributed by atoms with Gasteiger partial charge in [-0.15, -0.1) is 0 Å². The fourth-order valence-corrected chi connectivity index (χ4v) is 3.63. The zero-order valence-electron chi connectivity index (χ0n) is 14.2. The number of ether oxygens (including phenoxy) is 2. The Bertz CT molecular complexity index is 853. The highest BCUT2D eigenvalue weighted by Crippen LogP contribution is 2.40. The molecule has 0 unspecified atom stereocenters. The van der Waals surface area contributed by atoms with Gasteiger partial charge in [-0.1, -0.05) is 0 Å². The summed E-state index contributed by atoms with van der Waals surface area (Å²) in [7, 11) is -0.488. The van der Waals surface area contributed by atoms with Crippen LogP contribution in [0.15, 0.2) is 41.4 Å². The summed E-state index contributed by atoms with van der Waals surface area (Å²) in [6, 6.07) is 9.05. The van der Waals surface area contributed by atoms with Crippen LogP contribution in [0.1, 0.15) is 24.4 Å². The molecule has 0 saturated carbocycles. The second-order valence-corrected chi connectivity index (χ2v) is 7.42. The third-order valence-electron chi connectivity index (χ3n) is 4.40. The minimum Gasteiger partial charge on any atom is -0.497 e. The molecule has 8 heteroatoms. The molecule has 1 aliphatic heterocycles. The van der Waals surface area contributed by atoms with Crippen molar-refractivity contribution in [2.24, 2.45) is 5.14 Å². The zero-order valence-corrected chi connectivity index (χ0v) is 15.0. The quantitative estimate of drug-likeness (QED) is 0.874. The minimum absolute atomic E-state index is 0.00836. The fraction of sp³-hybridized carbons (Fsp3) is 0.353. The van der Waals surface area contributed by atoms with Gasteiger partial charge in [0, 0.05) is 24.4 Å². The maximum absolute atomic E-state index is 11.4. The van der Waals surface area contributed by atoms with Gasteiger partial charge in [-0.05, 0) is 37.1 Å². The zero-order chi connectivity index (χ0) is 18.0. The van der Waals surface area contributed by atoms with Gasteiger partial charge in [0.25, 0.3) is 0 Å². The number of nitrogens with zero attached hydrogens (tertiary/aromatic N) is 2. The van der Waals surface area contributed by atoms with E-state index in [4.69, 9.17) is 14.6 Å². The summed E-state index contributed by atoms with van der Waals surface area (Å²) >= 11 is 0. The number of primary sulfonamides is 1. The molecular formula is C17H21N3O4S. The van der Waals surface area contributed by atoms with Gasteiger partial charge >= 0.3 is 0 Å². The van der Waals surface area contributed by atoms with E-state index in [1.54, 1.807) is 20.3 Å². The van der Waals surface area contributed by atoms with Gasteiger partial charge in [0.2, 0.25) is 10.0 Å². The van der Waals surface area contributed by atoms with Crippen molar-refractivity contribution in [1.29, 1.82) is 0 Å². The minimum atomic E-state index is -3.74. The average molecular weight is 363 g/mol. The number of hydrogen-bond donors (Lipinski definition) is 1. The van der Waals surface area contributed by atoms with Crippen molar-refractivity contribution < 1.29 is 17.9 Å². The number of nitrogens with two attached hydrogens (primary N) is 1. The van der Waals surface area contributed by atoms with Crippen LogP contribution in [0.3, 0.4) is 0 Å². The molecule has 1 saturated heterocycles. The van der Waals surface area contributed by atoms with Gasteiger partial charge in [0.15, 0.2) is 0 Å². The lowest BCUT2D eigenvalue weighted by Crippen LogP contribution is -2.24. The van der Waals surface area contributed by atoms with Crippen LogP contribution in [0.5, 0.6) is 11.5 Å². The first-order chi connectivity index (χ1) is 11.9. The number of rotatable bonds is 5. The lowest BCUT2D eigenvalue weighted by Gasteiger charge is -2.27. The SMILES string of the molecule is COc1ccc([C@@H]2CCCN2c2ccc(S(N)(=O)=O)cn2)c(OC)c1. The monoisotopic (exact) mass is 363 g/mol. The number of methoxy groups -OCH3 is 2. The molecule has 3 rings (SSSR count). The maximum atomic E-state index is 11.4. The van der Waals surface area contributed by atoms with Crippen LogP contribution < -0.4 is 19.5 Å². The van der Waals surface area contributed by atoms with Crippen LogP contribution in [0, 0.1) is 0 Å². The summed E-state index contributed by atoms with van der Waals surface area (Å²) in [5.74, 6) is 2.21. The molecule has 1 fully saturated rings. The van der Waals surface area contributed by atoms with Crippen molar-refractivity contribution in [3.63, 3.8) is 0 Å². The Hall–Kier alpha value is -2.32. The molecule has 0 radical (unpaired) electrons. The largest absolute Gasteiger partial charge is 0.497 e. The molecule has 2 aromatic rings. The average Bonchev–Trinajstić information content (AvgIpc) is 3.10. The van der Waals surface area contributed by atoms with Crippen molar-refractivity contribution >= 4 is 15.8 Å². The number of benzene rings is 1. The Balaban J connectivity index is 1.93. The Morgan fingerprint density at radius 1 is 1.20 bits per heavy atom. The number of sulfonamides is 1. The summed E-state index contributed by atoms with van der Waals surface area (Å²) in [6.07, 6.45) is 3.27. The Labute approximate surface area is 147 Å². The van der Waals surface area contributed by atoms with E-state index in [1.165, 1.54) is 12.3 Å². The van der Waals surface area contributed by atoms with Gasteiger partial charge in [-0.3, -0.25) is 0 Å². The first-order valence-electron chi connectivity index (χ1n) is 7.91. The van der Waals surface area contributed by atoms with Crippen molar-refractivity contribution in [3.8, 4) is 11.5 Å². The smallest absolute Gasteiger partial charge is 0.239 e. The van der Waals surface area contributed by atoms with Crippen molar-refractivity contribution in [3.05, 3.63) is 42.1 Å². The van der Waals surface area contributed by atoms with Crippen molar-refractivity contribution in [2.45, 2.75) is 23.8 Å². The topological polar surface area (TPSA) is 94.8 Å². The van der Waals surface area contributed by atoms with Gasteiger partial charge in [-0.25, -0.2) is 18.5 Å². The molecule has 0 spiro atoms. The summed E-state index contributed by atoms with van der Waals surface area (Å²) in [6.45, 7) is 0.835. The van der Waals surface area contributed by atoms with Crippen molar-refractivity contribution in [2.75, 3.05) is 25.7 Å². The Morgan fingerprint density at radius 2 is 2.00 bits per heavy atom. The van der Waals surface area contributed by atoms with Gasteiger partial charge in [0.05, 0.1) is 20.3 Å². The maximum Gasteiger partial charge on any atom is 0.239 e. The summed E-state index contributed by atoms with van der Waals surface area (Å²) in [5.41, 5.74) is 1.05. The highest BCUT2D eigenvalue weighted by atomic mass is 32.2. The first-order valence-corrected chi connectivity index (χ1v) is 9.46. The van der Waals surface area contributed by atoms with Crippen LogP contribution in [-0.4, -0.2) is 34.2 Å². The van der Waals surface area contributed by atoms with E-state index in [9.17, 15) is 8.42 Å². The molecule has 0 amide bonds. The van der Waals surface area contributed by atoms with Gasteiger partial charge < -0.3 is 14.4 Å². The molecule has 1 aliphatic rings. The summed E-state index contributed by atoms with van der Waals surface area (Å²) < 4.78 is 33.6. The summed E-state index contributed by atoms with van der Waals surface area (Å²) in [5, 5.41) is 5.13. The normalized spacial score (nSPS) is 17.6. The molecule has 2 N–H and O–H groups in total. The molecule has 1 atom stereocenters. The lowest BCUT2D eigenvalue weighted by atomic mass is 10.0. The standard InChI is InChI=1S/C17H21N3O4S/c1-23-12-5-7-14(16(10-12)24-2)15-4-3-9-20(15)17-8-6-13(11-19-17)25(18,21)22/h5-8,10-11,15H,3-4,9H2,1-2H3,(H2,18,21,22)/t15-/m0/s1. The predicted octanol–water partition coefficient (Wildman–Crippen LogP) is 2.09. The third kappa shape index (κ3) is 3.54. The van der Waals surface area contributed by atoms with Gasteiger partial charge in [-0.2, -0.15) is 0 Å². The molecule has 134 valence electrons. The number of aromatic nitrogens is 1. The molecule has 0 aliphatic carbocycles. The molecular weight excluding hydrogens is 342 g/mol. The van der Waals surface area contributed by atoms with Crippen LogP contribution in [0.25, 0.3) is 0 Å². The van der Waals surface area contributed by atoms with E-state index < -0.39 is 10.0 Å². The molecule has 0 bridgehead atoms. The van der Waals surface area contributed by atoms with E-state index in [0.717, 1.165) is 36.4 Å². The lowest BCUT2D eigenvalue weighted by molar-refractivity contribution is 0.388. The first kappa shape index (κ1) is 17.5. The number of anilines is 1. The van der Waals surface area contributed by atoms with Crippen LogP contribution in [-0.2, 0) is 10.0 Å². The highest BCUT2D eigenvalue weighted by Gasteiger charge is 2.29. The van der Waals surface area contributed by atoms with Crippen LogP contribution in [0.4, 0.5) is 5.82 Å². The van der Waals surface area contributed by atoms with E-state index >= 15 is 0 Å². The molecule has 1 aromatic heterocycles. The Kier molecular flexibility index (Phi) is 4.82. The summed E-state index contributed by atoms with van der Waals surface area (Å²) in [4.78, 5) is 6.45. The highest BCUT2D eigenvalue weighted by molar-refractivity contribution is 7.89. The second kappa shape index (κ2) is 6.89. The molecule has 2 heterocycles. The number of pyridine rings is 1. The molecule has 25 heavy (non-hydrogen) atoms. The number of hydrogen-bond acceptors (Lipinski definition) is 6. The second-order valence-electron chi connectivity index (χ2n) is 5.86. The van der Waals surface area contributed by atoms with E-state index in [2.05, 4.69) is 9.88 Å². The predicted molar refractivity (Wildman–Crippen MR) is 94.5 cm³/mol. The van der Waals surface area contributed by atoms with E-state index in [0.29, 0.717) is 5.82 Å². The molecule has 7 nitrogen and oxygen atoms in total. The van der Waals surface area contributed by atoms with Crippen LogP contribution >= 0.6 is 0 Å². The Morgan fingerprint density at radius 3 is 2.60 bits per heavy atom. The third-order valence-corrected chi connectivity index (χ3v) is 5.29. The van der Waals surface area contributed by atoms with Crippen LogP contribution in [0.2, 0.25) is 0 Å². The van der Waals surface area contributed by atoms with E-state index in [-0.39, 0.29) is 10.9 Å². The van der Waals surface area contributed by atoms with Crippen molar-refractivity contribution in [1.82, 2.24) is 4.98 Å². The fourth-order valence-electron chi connectivity index (χ4n) is 3.17. The van der Waals surface area contributed by atoms with Gasteiger partial charge in [0.1, 0.15) is 22.2 Å². The van der Waals surface area contributed by atoms with E-state index in [1.807, 2.05) is 18.2 Å². The molecule has 1 aromatic carbocycles.